The highest BCUT2D eigenvalue weighted by molar-refractivity contribution is 7.89. The molecular weight excluding hydrogens is 462 g/mol. The molecule has 1 fully saturated rings. The largest absolute Gasteiger partial charge is 0.333 e. The molecule has 1 amide bonds. The van der Waals surface area contributed by atoms with Gasteiger partial charge in [0.1, 0.15) is 9.90 Å². The number of nitrogens with one attached hydrogen (secondary N) is 1. The summed E-state index contributed by atoms with van der Waals surface area (Å²) < 4.78 is 53.4. The summed E-state index contributed by atoms with van der Waals surface area (Å²) in [7, 11) is -3.93. The van der Waals surface area contributed by atoms with Crippen LogP contribution in [-0.2, 0) is 10.0 Å². The van der Waals surface area contributed by atoms with E-state index in [1.54, 1.807) is 12.1 Å². The molecule has 1 aromatic carbocycles. The van der Waals surface area contributed by atoms with E-state index in [-0.39, 0.29) is 40.5 Å². The summed E-state index contributed by atoms with van der Waals surface area (Å²) in [5, 5.41) is 15.3. The molecule has 1 N–H and O–H groups in total. The summed E-state index contributed by atoms with van der Waals surface area (Å²) in [6.45, 7) is -1.19. The number of benzene rings is 1. The predicted octanol–water partition coefficient (Wildman–Crippen LogP) is 3.26. The highest BCUT2D eigenvalue weighted by Crippen LogP contribution is 2.33. The van der Waals surface area contributed by atoms with E-state index in [1.807, 2.05) is 18.2 Å². The summed E-state index contributed by atoms with van der Waals surface area (Å²) >= 11 is 1.18. The maximum Gasteiger partial charge on any atom is 0.333 e. The molecule has 0 spiro atoms. The molecule has 1 aliphatic heterocycles. The standard InChI is InChI=1S/C19H20F2N6O3S2/c1-12-15(11-22-27(12)19(20)21)32(29,30)26-9-7-13(8-10-26)17-24-25-18(31-17)16(28)23-14-5-3-2-4-6-14/h2-6,11,13,19H,7-10H2,1H3,(H,23,28). The number of rotatable bonds is 6. The smallest absolute Gasteiger partial charge is 0.320 e. The quantitative estimate of drug-likeness (QED) is 0.578. The van der Waals surface area contributed by atoms with Crippen molar-refractivity contribution in [3.05, 3.63) is 52.2 Å². The molecule has 1 aliphatic rings. The van der Waals surface area contributed by atoms with Crippen LogP contribution in [0.1, 0.15) is 45.8 Å². The van der Waals surface area contributed by atoms with Crippen molar-refractivity contribution in [3.63, 3.8) is 0 Å². The van der Waals surface area contributed by atoms with Crippen LogP contribution in [0.4, 0.5) is 14.5 Å². The molecule has 3 aromatic rings. The van der Waals surface area contributed by atoms with Crippen LogP contribution in [-0.4, -0.2) is 51.7 Å². The first kappa shape index (κ1) is 22.4. The number of amides is 1. The number of piperidine rings is 1. The van der Waals surface area contributed by atoms with Crippen LogP contribution in [0.2, 0.25) is 0 Å². The summed E-state index contributed by atoms with van der Waals surface area (Å²) in [6.07, 6.45) is 1.93. The lowest BCUT2D eigenvalue weighted by molar-refractivity contribution is 0.0541. The summed E-state index contributed by atoms with van der Waals surface area (Å²) in [6, 6.07) is 8.99. The van der Waals surface area contributed by atoms with E-state index in [1.165, 1.54) is 22.6 Å². The van der Waals surface area contributed by atoms with Gasteiger partial charge < -0.3 is 5.32 Å². The third-order valence-corrected chi connectivity index (χ3v) is 8.36. The number of halogens is 2. The highest BCUT2D eigenvalue weighted by atomic mass is 32.2. The highest BCUT2D eigenvalue weighted by Gasteiger charge is 2.34. The van der Waals surface area contributed by atoms with E-state index >= 15 is 0 Å². The molecule has 1 saturated heterocycles. The molecule has 0 atom stereocenters. The van der Waals surface area contributed by atoms with E-state index < -0.39 is 16.6 Å². The third-order valence-electron chi connectivity index (χ3n) is 5.27. The van der Waals surface area contributed by atoms with Crippen LogP contribution in [0, 0.1) is 6.92 Å². The molecule has 4 rings (SSSR count). The van der Waals surface area contributed by atoms with E-state index in [9.17, 15) is 22.0 Å². The molecule has 13 heteroatoms. The number of hydrogen-bond donors (Lipinski definition) is 1. The van der Waals surface area contributed by atoms with Gasteiger partial charge in [-0.15, -0.1) is 10.2 Å². The average molecular weight is 483 g/mol. The molecule has 32 heavy (non-hydrogen) atoms. The Morgan fingerprint density at radius 1 is 1.19 bits per heavy atom. The summed E-state index contributed by atoms with van der Waals surface area (Å²) in [5.41, 5.74) is 0.554. The minimum atomic E-state index is -3.93. The second-order valence-electron chi connectivity index (χ2n) is 7.26. The van der Waals surface area contributed by atoms with Gasteiger partial charge in [0.2, 0.25) is 15.0 Å². The number of para-hydroxylation sites is 1. The lowest BCUT2D eigenvalue weighted by Gasteiger charge is -2.29. The zero-order chi connectivity index (χ0) is 22.9. The van der Waals surface area contributed by atoms with Gasteiger partial charge >= 0.3 is 6.55 Å². The second kappa shape index (κ2) is 9.00. The first-order valence-corrected chi connectivity index (χ1v) is 12.0. The minimum absolute atomic E-state index is 0.0397. The van der Waals surface area contributed by atoms with Crippen molar-refractivity contribution in [1.29, 1.82) is 0 Å². The maximum atomic E-state index is 12.9. The fraction of sp³-hybridized carbons (Fsp3) is 0.368. The lowest BCUT2D eigenvalue weighted by atomic mass is 9.99. The number of carbonyl (C=O) groups excluding carboxylic acids is 1. The fourth-order valence-electron chi connectivity index (χ4n) is 3.54. The van der Waals surface area contributed by atoms with E-state index in [0.29, 0.717) is 28.2 Å². The van der Waals surface area contributed by atoms with Crippen LogP contribution in [0.15, 0.2) is 41.4 Å². The Labute approximate surface area is 187 Å². The van der Waals surface area contributed by atoms with E-state index in [2.05, 4.69) is 20.6 Å². The second-order valence-corrected chi connectivity index (χ2v) is 10.2. The molecule has 170 valence electrons. The van der Waals surface area contributed by atoms with Gasteiger partial charge in [0.15, 0.2) is 0 Å². The first-order chi connectivity index (χ1) is 15.3. The molecule has 9 nitrogen and oxygen atoms in total. The molecule has 0 bridgehead atoms. The van der Waals surface area contributed by atoms with Crippen molar-refractivity contribution in [2.24, 2.45) is 0 Å². The Morgan fingerprint density at radius 3 is 2.50 bits per heavy atom. The number of aromatic nitrogens is 4. The van der Waals surface area contributed by atoms with Crippen molar-refractivity contribution < 1.29 is 22.0 Å². The molecule has 0 saturated carbocycles. The van der Waals surface area contributed by atoms with Crippen molar-refractivity contribution in [2.75, 3.05) is 18.4 Å². The number of alkyl halides is 2. The van der Waals surface area contributed by atoms with Crippen molar-refractivity contribution in [3.8, 4) is 0 Å². The van der Waals surface area contributed by atoms with Gasteiger partial charge in [0.25, 0.3) is 5.91 Å². The zero-order valence-corrected chi connectivity index (χ0v) is 18.6. The van der Waals surface area contributed by atoms with Crippen LogP contribution >= 0.6 is 11.3 Å². The Morgan fingerprint density at radius 2 is 1.88 bits per heavy atom. The van der Waals surface area contributed by atoms with Crippen LogP contribution in [0.3, 0.4) is 0 Å². The van der Waals surface area contributed by atoms with Gasteiger partial charge in [-0.3, -0.25) is 4.79 Å². The first-order valence-electron chi connectivity index (χ1n) is 9.79. The van der Waals surface area contributed by atoms with E-state index in [4.69, 9.17) is 0 Å². The third kappa shape index (κ3) is 4.40. The normalized spacial score (nSPS) is 15.9. The maximum absolute atomic E-state index is 12.9. The number of anilines is 1. The molecule has 0 unspecified atom stereocenters. The predicted molar refractivity (Wildman–Crippen MR) is 113 cm³/mol. The van der Waals surface area contributed by atoms with Crippen LogP contribution < -0.4 is 5.32 Å². The van der Waals surface area contributed by atoms with Gasteiger partial charge in [0, 0.05) is 24.7 Å². The van der Waals surface area contributed by atoms with Crippen molar-refractivity contribution in [1.82, 2.24) is 24.3 Å². The molecule has 0 radical (unpaired) electrons. The van der Waals surface area contributed by atoms with E-state index in [0.717, 1.165) is 6.20 Å². The Balaban J connectivity index is 1.40. The van der Waals surface area contributed by atoms with Gasteiger partial charge in [0.05, 0.1) is 11.9 Å². The average Bonchev–Trinajstić information content (AvgIpc) is 3.42. The van der Waals surface area contributed by atoms with Gasteiger partial charge in [-0.25, -0.2) is 13.1 Å². The number of carbonyl (C=O) groups is 1. The Bertz CT molecular complexity index is 1200. The zero-order valence-electron chi connectivity index (χ0n) is 17.0. The van der Waals surface area contributed by atoms with Gasteiger partial charge in [-0.05, 0) is 31.9 Å². The van der Waals surface area contributed by atoms with Crippen molar-refractivity contribution >= 4 is 33.0 Å². The molecule has 3 heterocycles. The molecule has 0 aliphatic carbocycles. The number of nitrogens with zero attached hydrogens (tertiary/aromatic N) is 5. The van der Waals surface area contributed by atoms with Crippen molar-refractivity contribution in [2.45, 2.75) is 37.1 Å². The monoisotopic (exact) mass is 482 g/mol. The van der Waals surface area contributed by atoms with Gasteiger partial charge in [-0.1, -0.05) is 29.5 Å². The topological polar surface area (TPSA) is 110 Å². The molecular formula is C19H20F2N6O3S2. The summed E-state index contributed by atoms with van der Waals surface area (Å²) in [4.78, 5) is 12.2. The Hall–Kier alpha value is -2.77. The minimum Gasteiger partial charge on any atom is -0.320 e. The number of sulfonamides is 1. The van der Waals surface area contributed by atoms with Gasteiger partial charge in [-0.2, -0.15) is 18.2 Å². The van der Waals surface area contributed by atoms with Crippen LogP contribution in [0.25, 0.3) is 0 Å². The number of hydrogen-bond acceptors (Lipinski definition) is 7. The molecule has 2 aromatic heterocycles. The Kier molecular flexibility index (Phi) is 6.31. The fourth-order valence-corrected chi connectivity index (χ4v) is 6.06. The summed E-state index contributed by atoms with van der Waals surface area (Å²) in [5.74, 6) is -0.395. The SMILES string of the molecule is Cc1c(S(=O)(=O)N2CCC(c3nnc(C(=O)Nc4ccccc4)s3)CC2)cnn1C(F)F. The van der Waals surface area contributed by atoms with Crippen LogP contribution in [0.5, 0.6) is 0 Å². The lowest BCUT2D eigenvalue weighted by Crippen LogP contribution is -2.38.